The minimum Gasteiger partial charge on any atom is -0.368 e. The van der Waals surface area contributed by atoms with E-state index in [1.165, 1.54) is 12.1 Å². The zero-order valence-electron chi connectivity index (χ0n) is 17.1. The Morgan fingerprint density at radius 3 is 2.37 bits per heavy atom. The second-order valence-corrected chi connectivity index (χ2v) is 7.93. The number of rotatable bonds is 4. The highest BCUT2D eigenvalue weighted by atomic mass is 19.1. The van der Waals surface area contributed by atoms with Crippen LogP contribution in [0.5, 0.6) is 0 Å². The van der Waals surface area contributed by atoms with E-state index < -0.39 is 0 Å². The fourth-order valence-corrected chi connectivity index (χ4v) is 4.20. The normalized spacial score (nSPS) is 20.4. The Labute approximate surface area is 176 Å². The summed E-state index contributed by atoms with van der Waals surface area (Å²) in [4.78, 5) is 31.0. The number of hydrogen-bond donors (Lipinski definition) is 1. The van der Waals surface area contributed by atoms with Gasteiger partial charge in [-0.1, -0.05) is 30.3 Å². The lowest BCUT2D eigenvalue weighted by molar-refractivity contribution is -0.129. The second-order valence-electron chi connectivity index (χ2n) is 7.93. The van der Waals surface area contributed by atoms with Gasteiger partial charge in [0.2, 0.25) is 5.91 Å². The molecule has 2 heterocycles. The molecule has 2 aliphatic heterocycles. The van der Waals surface area contributed by atoms with Gasteiger partial charge in [0.15, 0.2) is 0 Å². The van der Waals surface area contributed by atoms with Crippen molar-refractivity contribution in [1.82, 2.24) is 15.1 Å². The molecule has 2 aromatic carbocycles. The molecule has 7 heteroatoms. The molecule has 2 unspecified atom stereocenters. The molecule has 0 aliphatic carbocycles. The predicted molar refractivity (Wildman–Crippen MR) is 114 cm³/mol. The molecule has 2 aliphatic rings. The van der Waals surface area contributed by atoms with Crippen LogP contribution in [0.3, 0.4) is 0 Å². The number of benzene rings is 2. The third-order valence-electron chi connectivity index (χ3n) is 5.99. The monoisotopic (exact) mass is 410 g/mol. The summed E-state index contributed by atoms with van der Waals surface area (Å²) < 4.78 is 13.1. The quantitative estimate of drug-likeness (QED) is 0.843. The van der Waals surface area contributed by atoms with E-state index in [0.29, 0.717) is 39.1 Å². The van der Waals surface area contributed by atoms with Crippen molar-refractivity contribution in [2.75, 3.05) is 37.6 Å². The van der Waals surface area contributed by atoms with Crippen LogP contribution in [-0.2, 0) is 4.79 Å². The van der Waals surface area contributed by atoms with Gasteiger partial charge in [0.05, 0.1) is 12.1 Å². The summed E-state index contributed by atoms with van der Waals surface area (Å²) in [6.07, 6.45) is 0.332. The van der Waals surface area contributed by atoms with Gasteiger partial charge < -0.3 is 20.0 Å². The van der Waals surface area contributed by atoms with Crippen LogP contribution in [0.25, 0.3) is 0 Å². The average Bonchev–Trinajstić information content (AvgIpc) is 3.14. The van der Waals surface area contributed by atoms with Crippen LogP contribution in [0.1, 0.15) is 24.9 Å². The lowest BCUT2D eigenvalue weighted by atomic mass is 10.1. The number of anilines is 1. The van der Waals surface area contributed by atoms with Crippen molar-refractivity contribution < 1.29 is 14.0 Å². The Morgan fingerprint density at radius 1 is 1.03 bits per heavy atom. The maximum absolute atomic E-state index is 13.1. The molecule has 0 aromatic heterocycles. The molecule has 2 fully saturated rings. The molecular formula is C23H27FN4O2. The van der Waals surface area contributed by atoms with Crippen LogP contribution in [-0.4, -0.2) is 60.5 Å². The van der Waals surface area contributed by atoms with E-state index in [1.54, 1.807) is 17.0 Å². The first kappa shape index (κ1) is 20.2. The highest BCUT2D eigenvalue weighted by Crippen LogP contribution is 2.25. The first-order valence-corrected chi connectivity index (χ1v) is 10.4. The number of hydrogen-bond acceptors (Lipinski definition) is 3. The molecule has 30 heavy (non-hydrogen) atoms. The van der Waals surface area contributed by atoms with E-state index in [9.17, 15) is 14.0 Å². The molecule has 0 saturated carbocycles. The highest BCUT2D eigenvalue weighted by Gasteiger charge is 2.35. The molecule has 3 amide bonds. The van der Waals surface area contributed by atoms with Gasteiger partial charge >= 0.3 is 6.03 Å². The third kappa shape index (κ3) is 4.40. The van der Waals surface area contributed by atoms with Crippen LogP contribution < -0.4 is 10.2 Å². The SMILES string of the molecule is CC(c1ccccc1)N1CC(NC(=O)N2CCN(c3ccc(F)cc3)CC2)CC1=O. The van der Waals surface area contributed by atoms with Crippen molar-refractivity contribution >= 4 is 17.6 Å². The van der Waals surface area contributed by atoms with Gasteiger partial charge in [-0.05, 0) is 36.8 Å². The molecule has 0 spiro atoms. The Kier molecular flexibility index (Phi) is 5.88. The van der Waals surface area contributed by atoms with Crippen LogP contribution in [0, 0.1) is 5.82 Å². The molecule has 2 atom stereocenters. The van der Waals surface area contributed by atoms with E-state index in [4.69, 9.17) is 0 Å². The van der Waals surface area contributed by atoms with Gasteiger partial charge in [-0.3, -0.25) is 4.79 Å². The summed E-state index contributed by atoms with van der Waals surface area (Å²) in [5.41, 5.74) is 2.05. The van der Waals surface area contributed by atoms with Crippen LogP contribution in [0.2, 0.25) is 0 Å². The average molecular weight is 410 g/mol. The van der Waals surface area contributed by atoms with Crippen LogP contribution >= 0.6 is 0 Å². The number of piperazine rings is 1. The number of halogens is 1. The summed E-state index contributed by atoms with van der Waals surface area (Å²) in [5.74, 6) is -0.184. The number of nitrogens with zero attached hydrogens (tertiary/aromatic N) is 3. The molecule has 158 valence electrons. The molecule has 4 rings (SSSR count). The molecular weight excluding hydrogens is 383 g/mol. The number of urea groups is 1. The lowest BCUT2D eigenvalue weighted by Crippen LogP contribution is -2.53. The standard InChI is InChI=1S/C23H27FN4O2/c1-17(18-5-3-2-4-6-18)28-16-20(15-22(28)29)25-23(30)27-13-11-26(12-14-27)21-9-7-19(24)8-10-21/h2-10,17,20H,11-16H2,1H3,(H,25,30). The van der Waals surface area contributed by atoms with Gasteiger partial charge in [-0.15, -0.1) is 0 Å². The predicted octanol–water partition coefficient (Wildman–Crippen LogP) is 3.02. The van der Waals surface area contributed by atoms with Crippen LogP contribution in [0.4, 0.5) is 14.9 Å². The summed E-state index contributed by atoms with van der Waals surface area (Å²) in [7, 11) is 0. The highest BCUT2D eigenvalue weighted by molar-refractivity contribution is 5.82. The fourth-order valence-electron chi connectivity index (χ4n) is 4.20. The van der Waals surface area contributed by atoms with Gasteiger partial charge in [-0.2, -0.15) is 0 Å². The largest absolute Gasteiger partial charge is 0.368 e. The van der Waals surface area contributed by atoms with E-state index >= 15 is 0 Å². The smallest absolute Gasteiger partial charge is 0.317 e. The molecule has 2 aromatic rings. The zero-order chi connectivity index (χ0) is 21.1. The van der Waals surface area contributed by atoms with Crippen molar-refractivity contribution in [2.45, 2.75) is 25.4 Å². The van der Waals surface area contributed by atoms with Crippen molar-refractivity contribution in [3.63, 3.8) is 0 Å². The summed E-state index contributed by atoms with van der Waals surface area (Å²) in [6.45, 7) is 5.12. The number of nitrogens with one attached hydrogen (secondary N) is 1. The Bertz CT molecular complexity index is 882. The minimum absolute atomic E-state index is 0.0140. The maximum atomic E-state index is 13.1. The number of likely N-dealkylation sites (tertiary alicyclic amines) is 1. The lowest BCUT2D eigenvalue weighted by Gasteiger charge is -2.36. The van der Waals surface area contributed by atoms with E-state index in [1.807, 2.05) is 42.2 Å². The second kappa shape index (κ2) is 8.73. The third-order valence-corrected chi connectivity index (χ3v) is 5.99. The van der Waals surface area contributed by atoms with Crippen LogP contribution in [0.15, 0.2) is 54.6 Å². The van der Waals surface area contributed by atoms with Crippen molar-refractivity contribution in [3.8, 4) is 0 Å². The maximum Gasteiger partial charge on any atom is 0.317 e. The minimum atomic E-state index is -0.251. The summed E-state index contributed by atoms with van der Waals surface area (Å²) >= 11 is 0. The topological polar surface area (TPSA) is 55.9 Å². The summed E-state index contributed by atoms with van der Waals surface area (Å²) in [6, 6.07) is 16.0. The Hall–Kier alpha value is -3.09. The van der Waals surface area contributed by atoms with Gasteiger partial charge in [0, 0.05) is 44.8 Å². The van der Waals surface area contributed by atoms with Gasteiger partial charge in [0.1, 0.15) is 5.82 Å². The fraction of sp³-hybridized carbons (Fsp3) is 0.391. The number of carbonyl (C=O) groups excluding carboxylic acids is 2. The molecule has 2 saturated heterocycles. The molecule has 1 N–H and O–H groups in total. The first-order chi connectivity index (χ1) is 14.5. The van der Waals surface area contributed by atoms with Crippen molar-refractivity contribution in [3.05, 3.63) is 66.0 Å². The summed E-state index contributed by atoms with van der Waals surface area (Å²) in [5, 5.41) is 3.03. The number of carbonyl (C=O) groups is 2. The van der Waals surface area contributed by atoms with Crippen molar-refractivity contribution in [1.29, 1.82) is 0 Å². The first-order valence-electron chi connectivity index (χ1n) is 10.4. The Morgan fingerprint density at radius 2 is 1.70 bits per heavy atom. The van der Waals surface area contributed by atoms with E-state index in [2.05, 4.69) is 10.2 Å². The van der Waals surface area contributed by atoms with Crippen molar-refractivity contribution in [2.24, 2.45) is 0 Å². The Balaban J connectivity index is 1.28. The molecule has 0 bridgehead atoms. The van der Waals surface area contributed by atoms with Gasteiger partial charge in [-0.25, -0.2) is 9.18 Å². The van der Waals surface area contributed by atoms with E-state index in [0.717, 1.165) is 11.3 Å². The van der Waals surface area contributed by atoms with Gasteiger partial charge in [0.25, 0.3) is 0 Å². The molecule has 0 radical (unpaired) electrons. The molecule has 6 nitrogen and oxygen atoms in total. The number of amides is 3. The zero-order valence-corrected chi connectivity index (χ0v) is 17.1. The van der Waals surface area contributed by atoms with E-state index in [-0.39, 0.29) is 29.8 Å².